The summed E-state index contributed by atoms with van der Waals surface area (Å²) in [5, 5.41) is 3.37. The third-order valence-corrected chi connectivity index (χ3v) is 4.57. The zero-order chi connectivity index (χ0) is 20.5. The molecular formula is C25H25NO3. The number of nitrogens with one attached hydrogen (secondary N) is 1. The van der Waals surface area contributed by atoms with Crippen molar-refractivity contribution in [3.05, 3.63) is 102 Å². The van der Waals surface area contributed by atoms with Crippen molar-refractivity contribution in [2.75, 3.05) is 0 Å². The van der Waals surface area contributed by atoms with Crippen LogP contribution >= 0.6 is 0 Å². The number of hydrogen-bond acceptors (Lipinski definition) is 4. The zero-order valence-corrected chi connectivity index (χ0v) is 16.5. The first-order chi connectivity index (χ1) is 14.1. The van der Waals surface area contributed by atoms with Crippen molar-refractivity contribution >= 4 is 11.8 Å². The number of esters is 1. The molecule has 1 atom stereocenters. The van der Waals surface area contributed by atoms with Crippen LogP contribution in [0.25, 0.3) is 0 Å². The Labute approximate surface area is 171 Å². The van der Waals surface area contributed by atoms with Gasteiger partial charge in [-0.1, -0.05) is 72.8 Å². The third kappa shape index (κ3) is 6.70. The van der Waals surface area contributed by atoms with Gasteiger partial charge in [0.05, 0.1) is 6.42 Å². The van der Waals surface area contributed by atoms with E-state index in [9.17, 15) is 9.59 Å². The van der Waals surface area contributed by atoms with Crippen LogP contribution in [-0.2, 0) is 17.8 Å². The van der Waals surface area contributed by atoms with Crippen LogP contribution < -0.4 is 10.1 Å². The Morgan fingerprint density at radius 3 is 2.21 bits per heavy atom. The molecule has 0 aromatic heterocycles. The lowest BCUT2D eigenvalue weighted by Crippen LogP contribution is -2.28. The van der Waals surface area contributed by atoms with Crippen LogP contribution in [0.2, 0.25) is 0 Å². The van der Waals surface area contributed by atoms with Crippen molar-refractivity contribution in [3.8, 4) is 5.75 Å². The smallest absolute Gasteiger partial charge is 0.315 e. The van der Waals surface area contributed by atoms with Gasteiger partial charge in [0.1, 0.15) is 5.75 Å². The van der Waals surface area contributed by atoms with Gasteiger partial charge in [-0.25, -0.2) is 0 Å². The van der Waals surface area contributed by atoms with E-state index in [0.29, 0.717) is 24.3 Å². The normalized spacial score (nSPS) is 11.6. The Morgan fingerprint density at radius 2 is 1.52 bits per heavy atom. The van der Waals surface area contributed by atoms with Crippen molar-refractivity contribution in [2.45, 2.75) is 32.4 Å². The molecule has 4 heteroatoms. The molecule has 29 heavy (non-hydrogen) atoms. The molecule has 0 bridgehead atoms. The average Bonchev–Trinajstić information content (AvgIpc) is 2.74. The maximum absolute atomic E-state index is 12.6. The first-order valence-corrected chi connectivity index (χ1v) is 9.75. The lowest BCUT2D eigenvalue weighted by atomic mass is 10.0. The second-order valence-electron chi connectivity index (χ2n) is 7.06. The molecule has 0 aliphatic rings. The second kappa shape index (κ2) is 10.3. The number of Topliss-reactive ketones (excluding diaryl/α,β-unsaturated/α-hetero) is 1. The van der Waals surface area contributed by atoms with E-state index in [-0.39, 0.29) is 24.2 Å². The van der Waals surface area contributed by atoms with Gasteiger partial charge in [-0.2, -0.15) is 0 Å². The molecule has 3 aromatic carbocycles. The van der Waals surface area contributed by atoms with E-state index in [1.54, 1.807) is 24.3 Å². The van der Waals surface area contributed by atoms with Crippen molar-refractivity contribution in [3.63, 3.8) is 0 Å². The monoisotopic (exact) mass is 387 g/mol. The molecule has 0 saturated carbocycles. The first-order valence-electron chi connectivity index (χ1n) is 9.75. The number of ether oxygens (including phenoxy) is 1. The van der Waals surface area contributed by atoms with E-state index in [4.69, 9.17) is 4.74 Å². The highest BCUT2D eigenvalue weighted by Crippen LogP contribution is 2.16. The Kier molecular flexibility index (Phi) is 7.31. The fraction of sp³-hybridized carbons (Fsp3) is 0.200. The molecule has 4 nitrogen and oxygen atoms in total. The van der Waals surface area contributed by atoms with Gasteiger partial charge in [0.25, 0.3) is 0 Å². The fourth-order valence-corrected chi connectivity index (χ4v) is 3.02. The molecule has 3 rings (SSSR count). The Morgan fingerprint density at radius 1 is 0.862 bits per heavy atom. The summed E-state index contributed by atoms with van der Waals surface area (Å²) in [4.78, 5) is 24.8. The van der Waals surface area contributed by atoms with Crippen LogP contribution in [0, 0.1) is 0 Å². The standard InChI is InChI=1S/C25H25NO3/c1-19(26-18-21-11-6-3-7-12-21)15-24(27)22-13-8-14-23(17-22)29-25(28)16-20-9-4-2-5-10-20/h2-14,17,19,26H,15-16,18H2,1H3. The molecule has 0 heterocycles. The van der Waals surface area contributed by atoms with Crippen molar-refractivity contribution in [1.82, 2.24) is 5.32 Å². The third-order valence-electron chi connectivity index (χ3n) is 4.57. The molecule has 0 amide bonds. The Bertz CT molecular complexity index is 939. The lowest BCUT2D eigenvalue weighted by Gasteiger charge is -2.13. The van der Waals surface area contributed by atoms with Gasteiger partial charge in [-0.05, 0) is 30.2 Å². The van der Waals surface area contributed by atoms with Gasteiger partial charge in [-0.15, -0.1) is 0 Å². The Hall–Kier alpha value is -3.24. The zero-order valence-electron chi connectivity index (χ0n) is 16.5. The van der Waals surface area contributed by atoms with Gasteiger partial charge in [0.15, 0.2) is 5.78 Å². The van der Waals surface area contributed by atoms with Crippen LogP contribution in [0.15, 0.2) is 84.9 Å². The van der Waals surface area contributed by atoms with E-state index in [2.05, 4.69) is 17.4 Å². The number of carbonyl (C=O) groups excluding carboxylic acids is 2. The molecule has 1 unspecified atom stereocenters. The first kappa shape index (κ1) is 20.5. The van der Waals surface area contributed by atoms with Crippen LogP contribution in [0.3, 0.4) is 0 Å². The molecule has 148 valence electrons. The molecule has 0 radical (unpaired) electrons. The molecule has 3 aromatic rings. The topological polar surface area (TPSA) is 55.4 Å². The van der Waals surface area contributed by atoms with Crippen LogP contribution in [-0.4, -0.2) is 17.8 Å². The summed E-state index contributed by atoms with van der Waals surface area (Å²) < 4.78 is 5.41. The SMILES string of the molecule is CC(CC(=O)c1cccc(OC(=O)Cc2ccccc2)c1)NCc1ccccc1. The minimum absolute atomic E-state index is 0.0130. The highest BCUT2D eigenvalue weighted by Gasteiger charge is 2.13. The van der Waals surface area contributed by atoms with Crippen molar-refractivity contribution in [2.24, 2.45) is 0 Å². The quantitative estimate of drug-likeness (QED) is 0.332. The van der Waals surface area contributed by atoms with E-state index in [1.807, 2.05) is 55.5 Å². The van der Waals surface area contributed by atoms with E-state index in [1.165, 1.54) is 5.56 Å². The van der Waals surface area contributed by atoms with Gasteiger partial charge >= 0.3 is 5.97 Å². The van der Waals surface area contributed by atoms with E-state index < -0.39 is 0 Å². The summed E-state index contributed by atoms with van der Waals surface area (Å²) in [7, 11) is 0. The number of benzene rings is 3. The van der Waals surface area contributed by atoms with E-state index >= 15 is 0 Å². The molecule has 0 fully saturated rings. The van der Waals surface area contributed by atoms with Crippen molar-refractivity contribution in [1.29, 1.82) is 0 Å². The van der Waals surface area contributed by atoms with Crippen LogP contribution in [0.1, 0.15) is 34.8 Å². The molecular weight excluding hydrogens is 362 g/mol. The Balaban J connectivity index is 1.52. The average molecular weight is 387 g/mol. The highest BCUT2D eigenvalue weighted by molar-refractivity contribution is 5.96. The molecule has 0 aliphatic carbocycles. The van der Waals surface area contributed by atoms with Crippen molar-refractivity contribution < 1.29 is 14.3 Å². The van der Waals surface area contributed by atoms with Gasteiger partial charge < -0.3 is 10.1 Å². The maximum atomic E-state index is 12.6. The van der Waals surface area contributed by atoms with Crippen LogP contribution in [0.5, 0.6) is 5.75 Å². The summed E-state index contributed by atoms with van der Waals surface area (Å²) in [6, 6.07) is 26.4. The summed E-state index contributed by atoms with van der Waals surface area (Å²) in [5.41, 5.74) is 2.62. The molecule has 1 N–H and O–H groups in total. The van der Waals surface area contributed by atoms with E-state index in [0.717, 1.165) is 5.56 Å². The minimum Gasteiger partial charge on any atom is -0.426 e. The lowest BCUT2D eigenvalue weighted by molar-refractivity contribution is -0.133. The fourth-order valence-electron chi connectivity index (χ4n) is 3.02. The number of hydrogen-bond donors (Lipinski definition) is 1. The maximum Gasteiger partial charge on any atom is 0.315 e. The van der Waals surface area contributed by atoms with Gasteiger partial charge in [0, 0.05) is 24.6 Å². The van der Waals surface area contributed by atoms with Crippen LogP contribution in [0.4, 0.5) is 0 Å². The summed E-state index contributed by atoms with van der Waals surface area (Å²) in [5.74, 6) is 0.0550. The molecule has 0 spiro atoms. The highest BCUT2D eigenvalue weighted by atomic mass is 16.5. The van der Waals surface area contributed by atoms with Gasteiger partial charge in [0.2, 0.25) is 0 Å². The predicted molar refractivity (Wildman–Crippen MR) is 114 cm³/mol. The second-order valence-corrected chi connectivity index (χ2v) is 7.06. The summed E-state index contributed by atoms with van der Waals surface area (Å²) >= 11 is 0. The number of carbonyl (C=O) groups is 2. The minimum atomic E-state index is -0.348. The summed E-state index contributed by atoms with van der Waals surface area (Å²) in [6.07, 6.45) is 0.563. The number of rotatable bonds is 9. The predicted octanol–water partition coefficient (Wildman–Crippen LogP) is 4.59. The molecule has 0 aliphatic heterocycles. The number of ketones is 1. The summed E-state index contributed by atoms with van der Waals surface area (Å²) in [6.45, 7) is 2.71. The largest absolute Gasteiger partial charge is 0.426 e. The van der Waals surface area contributed by atoms with Gasteiger partial charge in [-0.3, -0.25) is 9.59 Å². The molecule has 0 saturated heterocycles.